The molecule has 0 aromatic carbocycles. The zero-order chi connectivity index (χ0) is 16.7. The SMILES string of the molecule is C=C1c2cnc(C(C)C)n2N=C2N(CC3CCNCC3)CCCN12. The highest BCUT2D eigenvalue weighted by Gasteiger charge is 2.33. The first kappa shape index (κ1) is 15.7. The van der Waals surface area contributed by atoms with Crippen LogP contribution in [0.4, 0.5) is 0 Å². The van der Waals surface area contributed by atoms with E-state index in [0.29, 0.717) is 5.92 Å². The number of hydrogen-bond donors (Lipinski definition) is 1. The number of rotatable bonds is 3. The molecule has 2 saturated heterocycles. The lowest BCUT2D eigenvalue weighted by molar-refractivity contribution is 0.234. The van der Waals surface area contributed by atoms with Gasteiger partial charge in [-0.3, -0.25) is 0 Å². The molecule has 0 amide bonds. The predicted octanol–water partition coefficient (Wildman–Crippen LogP) is 2.12. The molecule has 2 fully saturated rings. The quantitative estimate of drug-likeness (QED) is 0.923. The summed E-state index contributed by atoms with van der Waals surface area (Å²) in [4.78, 5) is 9.34. The highest BCUT2D eigenvalue weighted by atomic mass is 15.5. The van der Waals surface area contributed by atoms with Crippen molar-refractivity contribution in [3.8, 4) is 0 Å². The Balaban J connectivity index is 1.65. The van der Waals surface area contributed by atoms with Crippen LogP contribution in [0.2, 0.25) is 0 Å². The van der Waals surface area contributed by atoms with Crippen molar-refractivity contribution in [2.75, 3.05) is 32.7 Å². The first-order valence-corrected chi connectivity index (χ1v) is 9.24. The van der Waals surface area contributed by atoms with Gasteiger partial charge in [0, 0.05) is 25.6 Å². The van der Waals surface area contributed by atoms with Crippen LogP contribution >= 0.6 is 0 Å². The van der Waals surface area contributed by atoms with Crippen LogP contribution in [0.25, 0.3) is 5.70 Å². The molecule has 0 bridgehead atoms. The van der Waals surface area contributed by atoms with Gasteiger partial charge in [0.1, 0.15) is 11.5 Å². The van der Waals surface area contributed by atoms with Crippen molar-refractivity contribution in [3.05, 3.63) is 24.3 Å². The molecule has 3 aliphatic rings. The molecule has 4 rings (SSSR count). The summed E-state index contributed by atoms with van der Waals surface area (Å²) in [7, 11) is 0. The van der Waals surface area contributed by atoms with Crippen LogP contribution in [0.1, 0.15) is 50.5 Å². The standard InChI is InChI=1S/C18H28N6/c1-13(2)17-20-11-16-14(3)23-10-4-9-22(18(23)21-24(16)17)12-15-5-7-19-8-6-15/h11,13,15,19H,3-10,12H2,1-2H3. The molecular weight excluding hydrogens is 300 g/mol. The van der Waals surface area contributed by atoms with Crippen molar-refractivity contribution in [1.82, 2.24) is 24.8 Å². The van der Waals surface area contributed by atoms with E-state index in [1.807, 2.05) is 10.9 Å². The highest BCUT2D eigenvalue weighted by molar-refractivity contribution is 5.90. The lowest BCUT2D eigenvalue weighted by Crippen LogP contribution is -2.53. The second-order valence-electron chi connectivity index (χ2n) is 7.46. The zero-order valence-corrected chi connectivity index (χ0v) is 14.8. The summed E-state index contributed by atoms with van der Waals surface area (Å²) < 4.78 is 2.01. The monoisotopic (exact) mass is 328 g/mol. The van der Waals surface area contributed by atoms with Crippen LogP contribution in [0.15, 0.2) is 17.9 Å². The summed E-state index contributed by atoms with van der Waals surface area (Å²) in [6.07, 6.45) is 5.61. The second kappa shape index (κ2) is 6.24. The number of guanidine groups is 1. The van der Waals surface area contributed by atoms with E-state index in [4.69, 9.17) is 5.10 Å². The minimum Gasteiger partial charge on any atom is -0.341 e. The third-order valence-corrected chi connectivity index (χ3v) is 5.36. The molecule has 4 heterocycles. The summed E-state index contributed by atoms with van der Waals surface area (Å²) in [6, 6.07) is 0. The Kier molecular flexibility index (Phi) is 4.08. The molecule has 24 heavy (non-hydrogen) atoms. The van der Waals surface area contributed by atoms with E-state index >= 15 is 0 Å². The Morgan fingerprint density at radius 1 is 1.29 bits per heavy atom. The van der Waals surface area contributed by atoms with Gasteiger partial charge in [0.05, 0.1) is 11.9 Å². The molecule has 0 atom stereocenters. The van der Waals surface area contributed by atoms with Crippen LogP contribution in [-0.4, -0.2) is 58.1 Å². The topological polar surface area (TPSA) is 48.7 Å². The number of nitrogens with zero attached hydrogens (tertiary/aromatic N) is 5. The fourth-order valence-electron chi connectivity index (χ4n) is 4.00. The minimum absolute atomic E-state index is 0.351. The van der Waals surface area contributed by atoms with E-state index in [1.54, 1.807) is 0 Å². The van der Waals surface area contributed by atoms with Gasteiger partial charge in [0.25, 0.3) is 0 Å². The van der Waals surface area contributed by atoms with Crippen molar-refractivity contribution >= 4 is 11.7 Å². The molecular formula is C18H28N6. The van der Waals surface area contributed by atoms with Gasteiger partial charge in [-0.15, -0.1) is 5.10 Å². The predicted molar refractivity (Wildman–Crippen MR) is 96.7 cm³/mol. The molecule has 130 valence electrons. The number of fused-ring (bicyclic) bond motifs is 2. The molecule has 0 radical (unpaired) electrons. The molecule has 0 saturated carbocycles. The molecule has 0 aliphatic carbocycles. The maximum absolute atomic E-state index is 4.99. The van der Waals surface area contributed by atoms with E-state index in [-0.39, 0.29) is 0 Å². The average Bonchev–Trinajstić information content (AvgIpc) is 3.01. The fourth-order valence-corrected chi connectivity index (χ4v) is 4.00. The molecule has 3 aliphatic heterocycles. The third-order valence-electron chi connectivity index (χ3n) is 5.36. The fraction of sp³-hybridized carbons (Fsp3) is 0.667. The number of aromatic nitrogens is 2. The van der Waals surface area contributed by atoms with Gasteiger partial charge in [0.2, 0.25) is 5.96 Å². The van der Waals surface area contributed by atoms with Gasteiger partial charge in [-0.05, 0) is 38.3 Å². The molecule has 1 aromatic rings. The summed E-state index contributed by atoms with van der Waals surface area (Å²) in [6.45, 7) is 14.2. The Bertz CT molecular complexity index is 652. The van der Waals surface area contributed by atoms with E-state index < -0.39 is 0 Å². The lowest BCUT2D eigenvalue weighted by atomic mass is 9.97. The molecule has 0 unspecified atom stereocenters. The van der Waals surface area contributed by atoms with Crippen molar-refractivity contribution in [1.29, 1.82) is 0 Å². The number of hydrogen-bond acceptors (Lipinski definition) is 5. The van der Waals surface area contributed by atoms with Crippen molar-refractivity contribution in [3.63, 3.8) is 0 Å². The van der Waals surface area contributed by atoms with Crippen LogP contribution < -0.4 is 5.32 Å². The normalized spacial score (nSPS) is 21.8. The van der Waals surface area contributed by atoms with Gasteiger partial charge in [-0.25, -0.2) is 9.66 Å². The van der Waals surface area contributed by atoms with E-state index in [9.17, 15) is 0 Å². The first-order chi connectivity index (χ1) is 11.6. The Morgan fingerprint density at radius 2 is 2.08 bits per heavy atom. The summed E-state index contributed by atoms with van der Waals surface area (Å²) in [5.74, 6) is 3.20. The van der Waals surface area contributed by atoms with E-state index in [1.165, 1.54) is 12.8 Å². The maximum Gasteiger partial charge on any atom is 0.224 e. The Morgan fingerprint density at radius 3 is 2.83 bits per heavy atom. The Labute approximate surface area is 144 Å². The van der Waals surface area contributed by atoms with Gasteiger partial charge < -0.3 is 15.1 Å². The van der Waals surface area contributed by atoms with Crippen molar-refractivity contribution in [2.24, 2.45) is 11.0 Å². The third kappa shape index (κ3) is 2.62. The van der Waals surface area contributed by atoms with Crippen LogP contribution in [0, 0.1) is 5.92 Å². The van der Waals surface area contributed by atoms with Gasteiger partial charge in [0.15, 0.2) is 0 Å². The van der Waals surface area contributed by atoms with Gasteiger partial charge in [-0.1, -0.05) is 20.4 Å². The van der Waals surface area contributed by atoms with Crippen LogP contribution in [-0.2, 0) is 0 Å². The second-order valence-corrected chi connectivity index (χ2v) is 7.46. The molecule has 1 N–H and O–H groups in total. The highest BCUT2D eigenvalue weighted by Crippen LogP contribution is 2.30. The lowest BCUT2D eigenvalue weighted by Gasteiger charge is -2.43. The van der Waals surface area contributed by atoms with Crippen molar-refractivity contribution in [2.45, 2.75) is 39.0 Å². The molecule has 6 heteroatoms. The van der Waals surface area contributed by atoms with Gasteiger partial charge in [-0.2, -0.15) is 0 Å². The van der Waals surface area contributed by atoms with Crippen molar-refractivity contribution < 1.29 is 0 Å². The van der Waals surface area contributed by atoms with Gasteiger partial charge >= 0.3 is 0 Å². The number of piperidine rings is 1. The molecule has 6 nitrogen and oxygen atoms in total. The van der Waals surface area contributed by atoms with E-state index in [2.05, 4.69) is 40.5 Å². The summed E-state index contributed by atoms with van der Waals surface area (Å²) in [5, 5.41) is 8.45. The van der Waals surface area contributed by atoms with E-state index in [0.717, 1.165) is 68.2 Å². The van der Waals surface area contributed by atoms with Crippen LogP contribution in [0.5, 0.6) is 0 Å². The largest absolute Gasteiger partial charge is 0.341 e. The maximum atomic E-state index is 4.99. The molecule has 1 aromatic heterocycles. The first-order valence-electron chi connectivity index (χ1n) is 9.24. The summed E-state index contributed by atoms with van der Waals surface area (Å²) in [5.41, 5.74) is 2.07. The van der Waals surface area contributed by atoms with Crippen LogP contribution in [0.3, 0.4) is 0 Å². The minimum atomic E-state index is 0.351. The Hall–Kier alpha value is -1.82. The zero-order valence-electron chi connectivity index (χ0n) is 14.8. The summed E-state index contributed by atoms with van der Waals surface area (Å²) >= 11 is 0. The number of imidazole rings is 1. The smallest absolute Gasteiger partial charge is 0.224 e. The number of nitrogens with one attached hydrogen (secondary N) is 1. The molecule has 0 spiro atoms. The average molecular weight is 328 g/mol.